The molecule has 0 saturated heterocycles. The molecule has 1 amide bonds. The highest BCUT2D eigenvalue weighted by Crippen LogP contribution is 2.26. The molecule has 0 fully saturated rings. The third kappa shape index (κ3) is 4.74. The summed E-state index contributed by atoms with van der Waals surface area (Å²) in [6.45, 7) is 2.39. The van der Waals surface area contributed by atoms with Crippen LogP contribution in [0.3, 0.4) is 0 Å². The van der Waals surface area contributed by atoms with Gasteiger partial charge in [0.1, 0.15) is 11.5 Å². The monoisotopic (exact) mass is 353 g/mol. The molecule has 6 nitrogen and oxygen atoms in total. The van der Waals surface area contributed by atoms with Crippen molar-refractivity contribution >= 4 is 11.6 Å². The lowest BCUT2D eigenvalue weighted by molar-refractivity contribution is -0.120. The number of anilines is 1. The van der Waals surface area contributed by atoms with Gasteiger partial charge in [-0.25, -0.2) is 0 Å². The van der Waals surface area contributed by atoms with Crippen LogP contribution in [0, 0.1) is 11.3 Å². The molecular formula is C20H23N3O3. The highest BCUT2D eigenvalue weighted by Gasteiger charge is 2.19. The van der Waals surface area contributed by atoms with E-state index in [0.717, 1.165) is 17.1 Å². The highest BCUT2D eigenvalue weighted by atomic mass is 16.5. The Morgan fingerprint density at radius 1 is 1.19 bits per heavy atom. The number of methoxy groups -OCH3 is 2. The van der Waals surface area contributed by atoms with Crippen molar-refractivity contribution in [2.45, 2.75) is 19.5 Å². The number of nitriles is 1. The van der Waals surface area contributed by atoms with E-state index >= 15 is 0 Å². The minimum atomic E-state index is -0.350. The van der Waals surface area contributed by atoms with Gasteiger partial charge in [-0.2, -0.15) is 5.26 Å². The number of nitrogens with one attached hydrogen (secondary N) is 1. The summed E-state index contributed by atoms with van der Waals surface area (Å²) in [5.74, 6) is 1.32. The summed E-state index contributed by atoms with van der Waals surface area (Å²) in [5, 5.41) is 11.7. The van der Waals surface area contributed by atoms with Gasteiger partial charge in [-0.3, -0.25) is 9.69 Å². The average molecular weight is 353 g/mol. The molecule has 6 heteroatoms. The SMILES string of the molecule is COc1ccc(CN(C)[C@H](C)C(=O)Nc2ccc(C#N)cc2)c(OC)c1. The molecule has 0 aromatic heterocycles. The maximum atomic E-state index is 12.5. The average Bonchev–Trinajstić information content (AvgIpc) is 2.68. The van der Waals surface area contributed by atoms with Gasteiger partial charge in [-0.15, -0.1) is 0 Å². The second kappa shape index (κ2) is 8.88. The van der Waals surface area contributed by atoms with Crippen LogP contribution in [0.15, 0.2) is 42.5 Å². The van der Waals surface area contributed by atoms with Crippen LogP contribution in [0.4, 0.5) is 5.69 Å². The van der Waals surface area contributed by atoms with Gasteiger partial charge in [-0.1, -0.05) is 6.07 Å². The minimum absolute atomic E-state index is 0.121. The molecule has 0 unspecified atom stereocenters. The molecule has 26 heavy (non-hydrogen) atoms. The van der Waals surface area contributed by atoms with Gasteiger partial charge < -0.3 is 14.8 Å². The first-order valence-corrected chi connectivity index (χ1v) is 8.20. The zero-order valence-electron chi connectivity index (χ0n) is 15.4. The van der Waals surface area contributed by atoms with Crippen molar-refractivity contribution in [3.8, 4) is 17.6 Å². The largest absolute Gasteiger partial charge is 0.497 e. The number of ether oxygens (including phenoxy) is 2. The lowest BCUT2D eigenvalue weighted by Gasteiger charge is -2.25. The zero-order valence-corrected chi connectivity index (χ0v) is 15.4. The van der Waals surface area contributed by atoms with Crippen molar-refractivity contribution in [2.24, 2.45) is 0 Å². The van der Waals surface area contributed by atoms with Crippen molar-refractivity contribution < 1.29 is 14.3 Å². The summed E-state index contributed by atoms with van der Waals surface area (Å²) in [7, 11) is 5.10. The van der Waals surface area contributed by atoms with E-state index in [1.54, 1.807) is 38.5 Å². The molecule has 0 aliphatic carbocycles. The van der Waals surface area contributed by atoms with Crippen LogP contribution in [0.2, 0.25) is 0 Å². The molecule has 0 aliphatic rings. The topological polar surface area (TPSA) is 74.6 Å². The maximum Gasteiger partial charge on any atom is 0.241 e. The summed E-state index contributed by atoms with van der Waals surface area (Å²) in [6.07, 6.45) is 0. The Kier molecular flexibility index (Phi) is 6.59. The third-order valence-corrected chi connectivity index (χ3v) is 4.24. The van der Waals surface area contributed by atoms with Crippen molar-refractivity contribution in [1.82, 2.24) is 4.90 Å². The number of carbonyl (C=O) groups is 1. The van der Waals surface area contributed by atoms with Crippen LogP contribution in [-0.2, 0) is 11.3 Å². The number of amides is 1. The lowest BCUT2D eigenvalue weighted by Crippen LogP contribution is -2.39. The van der Waals surface area contributed by atoms with Crippen LogP contribution in [0.1, 0.15) is 18.1 Å². The van der Waals surface area contributed by atoms with E-state index in [4.69, 9.17) is 14.7 Å². The minimum Gasteiger partial charge on any atom is -0.497 e. The second-order valence-electron chi connectivity index (χ2n) is 5.95. The number of likely N-dealkylation sites (N-methyl/N-ethyl adjacent to an activating group) is 1. The Morgan fingerprint density at radius 3 is 2.46 bits per heavy atom. The summed E-state index contributed by atoms with van der Waals surface area (Å²) in [6, 6.07) is 14.1. The molecule has 0 spiro atoms. The first-order valence-electron chi connectivity index (χ1n) is 8.20. The Hall–Kier alpha value is -3.04. The molecule has 2 aromatic rings. The highest BCUT2D eigenvalue weighted by molar-refractivity contribution is 5.94. The van der Waals surface area contributed by atoms with E-state index in [-0.39, 0.29) is 11.9 Å². The summed E-state index contributed by atoms with van der Waals surface area (Å²) >= 11 is 0. The van der Waals surface area contributed by atoms with Crippen molar-refractivity contribution in [3.63, 3.8) is 0 Å². The van der Waals surface area contributed by atoms with Gasteiger partial charge in [0, 0.05) is 23.9 Å². The van der Waals surface area contributed by atoms with Gasteiger partial charge in [0.2, 0.25) is 5.91 Å². The predicted octanol–water partition coefficient (Wildman–Crippen LogP) is 3.03. The Morgan fingerprint density at radius 2 is 1.88 bits per heavy atom. The standard InChI is InChI=1S/C20H23N3O3/c1-14(20(24)22-17-8-5-15(12-21)6-9-17)23(2)13-16-7-10-18(25-3)11-19(16)26-4/h5-11,14H,13H2,1-4H3,(H,22,24)/t14-/m1/s1. The molecule has 2 aromatic carbocycles. The quantitative estimate of drug-likeness (QED) is 0.828. The van der Waals surface area contributed by atoms with Crippen LogP contribution in [-0.4, -0.2) is 38.1 Å². The van der Waals surface area contributed by atoms with Crippen LogP contribution >= 0.6 is 0 Å². The number of carbonyl (C=O) groups excluding carboxylic acids is 1. The second-order valence-corrected chi connectivity index (χ2v) is 5.95. The van der Waals surface area contributed by atoms with E-state index < -0.39 is 0 Å². The fourth-order valence-corrected chi connectivity index (χ4v) is 2.46. The summed E-state index contributed by atoms with van der Waals surface area (Å²) in [5.41, 5.74) is 2.19. The third-order valence-electron chi connectivity index (χ3n) is 4.24. The van der Waals surface area contributed by atoms with Crippen molar-refractivity contribution in [2.75, 3.05) is 26.6 Å². The van der Waals surface area contributed by atoms with Gasteiger partial charge >= 0.3 is 0 Å². The van der Waals surface area contributed by atoms with E-state index in [9.17, 15) is 4.79 Å². The Bertz CT molecular complexity index is 797. The molecular weight excluding hydrogens is 330 g/mol. The van der Waals surface area contributed by atoms with E-state index in [1.165, 1.54) is 0 Å². The van der Waals surface area contributed by atoms with Crippen LogP contribution in [0.25, 0.3) is 0 Å². The molecule has 0 aliphatic heterocycles. The fourth-order valence-electron chi connectivity index (χ4n) is 2.46. The predicted molar refractivity (Wildman–Crippen MR) is 100 cm³/mol. The molecule has 1 atom stereocenters. The number of hydrogen-bond acceptors (Lipinski definition) is 5. The maximum absolute atomic E-state index is 12.5. The number of rotatable bonds is 7. The number of benzene rings is 2. The van der Waals surface area contributed by atoms with E-state index in [1.807, 2.05) is 37.1 Å². The molecule has 0 heterocycles. The zero-order chi connectivity index (χ0) is 19.1. The molecule has 136 valence electrons. The number of hydrogen-bond donors (Lipinski definition) is 1. The van der Waals surface area contributed by atoms with E-state index in [0.29, 0.717) is 17.8 Å². The molecule has 0 radical (unpaired) electrons. The van der Waals surface area contributed by atoms with Gasteiger partial charge in [0.25, 0.3) is 0 Å². The molecule has 1 N–H and O–H groups in total. The number of nitrogens with zero attached hydrogens (tertiary/aromatic N) is 2. The summed E-state index contributed by atoms with van der Waals surface area (Å²) < 4.78 is 10.6. The molecule has 0 saturated carbocycles. The Labute approximate surface area is 153 Å². The first-order chi connectivity index (χ1) is 12.5. The molecule has 2 rings (SSSR count). The first kappa shape index (κ1) is 19.3. The Balaban J connectivity index is 2.03. The summed E-state index contributed by atoms with van der Waals surface area (Å²) in [4.78, 5) is 14.4. The van der Waals surface area contributed by atoms with Crippen molar-refractivity contribution in [3.05, 3.63) is 53.6 Å². The van der Waals surface area contributed by atoms with Crippen molar-refractivity contribution in [1.29, 1.82) is 5.26 Å². The van der Waals surface area contributed by atoms with Gasteiger partial charge in [-0.05, 0) is 44.3 Å². The molecule has 0 bridgehead atoms. The normalized spacial score (nSPS) is 11.5. The van der Waals surface area contributed by atoms with Gasteiger partial charge in [0.05, 0.1) is 31.9 Å². The lowest BCUT2D eigenvalue weighted by atomic mass is 10.1. The smallest absolute Gasteiger partial charge is 0.241 e. The van der Waals surface area contributed by atoms with Crippen LogP contribution < -0.4 is 14.8 Å². The fraction of sp³-hybridized carbons (Fsp3) is 0.300. The van der Waals surface area contributed by atoms with E-state index in [2.05, 4.69) is 11.4 Å². The van der Waals surface area contributed by atoms with Crippen LogP contribution in [0.5, 0.6) is 11.5 Å². The van der Waals surface area contributed by atoms with Gasteiger partial charge in [0.15, 0.2) is 0 Å².